The van der Waals surface area contributed by atoms with Crippen molar-refractivity contribution >= 4 is 39.0 Å². The molecule has 3 rings (SSSR count). The molecule has 1 aliphatic carbocycles. The fourth-order valence-corrected chi connectivity index (χ4v) is 7.40. The molecular weight excluding hydrogens is 376 g/mol. The molecular formula is C17H26N2O3S3. The molecule has 1 saturated carbocycles. The van der Waals surface area contributed by atoms with Crippen molar-refractivity contribution in [2.24, 2.45) is 5.92 Å². The van der Waals surface area contributed by atoms with E-state index >= 15 is 0 Å². The summed E-state index contributed by atoms with van der Waals surface area (Å²) in [6, 6.07) is 3.37. The zero-order valence-electron chi connectivity index (χ0n) is 14.4. The first-order chi connectivity index (χ1) is 12.1. The first-order valence-electron chi connectivity index (χ1n) is 9.00. The molecule has 0 bridgehead atoms. The maximum atomic E-state index is 12.6. The van der Waals surface area contributed by atoms with Crippen molar-refractivity contribution in [3.05, 3.63) is 17.5 Å². The standard InChI is InChI=1S/C17H26N2O3S3/c20-17(18-9-12-23-15-6-1-2-7-15)14-5-3-10-19(13-14)25(21,22)16-8-4-11-24-16/h4,8,11,14-15H,1-3,5-7,9-10,12-13H2,(H,18,20)/t14-/m0/s1. The number of hydrogen-bond acceptors (Lipinski definition) is 5. The van der Waals surface area contributed by atoms with E-state index in [1.54, 1.807) is 17.5 Å². The SMILES string of the molecule is O=C(NCCSC1CCCC1)[C@H]1CCCN(S(=O)(=O)c2cccs2)C1. The third-order valence-electron chi connectivity index (χ3n) is 4.90. The van der Waals surface area contributed by atoms with Crippen LogP contribution in [0.4, 0.5) is 0 Å². The van der Waals surface area contributed by atoms with Crippen LogP contribution in [0.3, 0.4) is 0 Å². The molecule has 8 heteroatoms. The van der Waals surface area contributed by atoms with Crippen molar-refractivity contribution in [3.8, 4) is 0 Å². The highest BCUT2D eigenvalue weighted by Crippen LogP contribution is 2.29. The van der Waals surface area contributed by atoms with E-state index < -0.39 is 10.0 Å². The van der Waals surface area contributed by atoms with Crippen LogP contribution in [-0.4, -0.2) is 49.3 Å². The van der Waals surface area contributed by atoms with E-state index in [2.05, 4.69) is 5.32 Å². The molecule has 2 fully saturated rings. The van der Waals surface area contributed by atoms with Crippen molar-refractivity contribution in [3.63, 3.8) is 0 Å². The summed E-state index contributed by atoms with van der Waals surface area (Å²) < 4.78 is 27.1. The number of nitrogens with one attached hydrogen (secondary N) is 1. The molecule has 1 atom stereocenters. The van der Waals surface area contributed by atoms with Crippen LogP contribution in [0.1, 0.15) is 38.5 Å². The van der Waals surface area contributed by atoms with Gasteiger partial charge in [0.15, 0.2) is 0 Å². The second-order valence-corrected chi connectivity index (χ2v) is 11.2. The Labute approximate surface area is 158 Å². The number of thiophene rings is 1. The number of carbonyl (C=O) groups is 1. The minimum absolute atomic E-state index is 0.00176. The number of carbonyl (C=O) groups excluding carboxylic acids is 1. The first-order valence-corrected chi connectivity index (χ1v) is 12.4. The molecule has 1 N–H and O–H groups in total. The lowest BCUT2D eigenvalue weighted by atomic mass is 9.99. The van der Waals surface area contributed by atoms with Gasteiger partial charge in [-0.1, -0.05) is 18.9 Å². The minimum atomic E-state index is -3.45. The predicted octanol–water partition coefficient (Wildman–Crippen LogP) is 2.94. The van der Waals surface area contributed by atoms with Crippen LogP contribution in [0.15, 0.2) is 21.7 Å². The van der Waals surface area contributed by atoms with Crippen LogP contribution in [0.25, 0.3) is 0 Å². The highest BCUT2D eigenvalue weighted by Gasteiger charge is 2.33. The minimum Gasteiger partial charge on any atom is -0.355 e. The Balaban J connectivity index is 1.46. The lowest BCUT2D eigenvalue weighted by Gasteiger charge is -2.30. The van der Waals surface area contributed by atoms with Gasteiger partial charge in [0.2, 0.25) is 5.91 Å². The third-order valence-corrected chi connectivity index (χ3v) is 9.52. The molecule has 2 heterocycles. The molecule has 1 saturated heterocycles. The molecule has 0 aromatic carbocycles. The normalized spacial score (nSPS) is 23.0. The molecule has 1 aromatic heterocycles. The van der Waals surface area contributed by atoms with Crippen LogP contribution in [0.2, 0.25) is 0 Å². The number of hydrogen-bond donors (Lipinski definition) is 1. The molecule has 1 amide bonds. The van der Waals surface area contributed by atoms with E-state index in [0.29, 0.717) is 23.8 Å². The van der Waals surface area contributed by atoms with Gasteiger partial charge >= 0.3 is 0 Å². The summed E-state index contributed by atoms with van der Waals surface area (Å²) in [6.45, 7) is 1.47. The second kappa shape index (κ2) is 8.88. The number of nitrogens with zero attached hydrogens (tertiary/aromatic N) is 1. The molecule has 1 aliphatic heterocycles. The van der Waals surface area contributed by atoms with Crippen molar-refractivity contribution in [1.82, 2.24) is 9.62 Å². The summed E-state index contributed by atoms with van der Waals surface area (Å²) in [6.07, 6.45) is 6.77. The van der Waals surface area contributed by atoms with Crippen molar-refractivity contribution in [1.29, 1.82) is 0 Å². The topological polar surface area (TPSA) is 66.5 Å². The maximum absolute atomic E-state index is 12.6. The molecule has 0 spiro atoms. The highest BCUT2D eigenvalue weighted by molar-refractivity contribution is 7.99. The number of rotatable bonds is 7. The fourth-order valence-electron chi connectivity index (χ4n) is 3.51. The van der Waals surface area contributed by atoms with E-state index in [1.165, 1.54) is 41.3 Å². The van der Waals surface area contributed by atoms with Crippen molar-refractivity contribution in [2.75, 3.05) is 25.4 Å². The van der Waals surface area contributed by atoms with Gasteiger partial charge in [-0.3, -0.25) is 4.79 Å². The van der Waals surface area contributed by atoms with Gasteiger partial charge in [-0.15, -0.1) is 11.3 Å². The Hall–Kier alpha value is -0.570. The zero-order chi connectivity index (χ0) is 17.7. The van der Waals surface area contributed by atoms with Crippen LogP contribution in [0.5, 0.6) is 0 Å². The van der Waals surface area contributed by atoms with Gasteiger partial charge < -0.3 is 5.32 Å². The van der Waals surface area contributed by atoms with Crippen LogP contribution in [0, 0.1) is 5.92 Å². The second-order valence-electron chi connectivity index (χ2n) is 6.70. The van der Waals surface area contributed by atoms with E-state index in [1.807, 2.05) is 11.8 Å². The largest absolute Gasteiger partial charge is 0.355 e. The summed E-state index contributed by atoms with van der Waals surface area (Å²) in [7, 11) is -3.45. The lowest BCUT2D eigenvalue weighted by Crippen LogP contribution is -2.45. The molecule has 0 radical (unpaired) electrons. The van der Waals surface area contributed by atoms with Crippen molar-refractivity contribution < 1.29 is 13.2 Å². The van der Waals surface area contributed by atoms with Gasteiger partial charge in [-0.25, -0.2) is 8.42 Å². The van der Waals surface area contributed by atoms with Crippen LogP contribution in [-0.2, 0) is 14.8 Å². The van der Waals surface area contributed by atoms with Crippen molar-refractivity contribution in [2.45, 2.75) is 48.0 Å². The summed E-state index contributed by atoms with van der Waals surface area (Å²) in [5.74, 6) is 0.707. The highest BCUT2D eigenvalue weighted by atomic mass is 32.2. The van der Waals surface area contributed by atoms with Gasteiger partial charge in [-0.05, 0) is 37.1 Å². The molecule has 25 heavy (non-hydrogen) atoms. The smallest absolute Gasteiger partial charge is 0.252 e. The van der Waals surface area contributed by atoms with Crippen LogP contribution < -0.4 is 5.32 Å². The van der Waals surface area contributed by atoms with E-state index in [4.69, 9.17) is 0 Å². The third kappa shape index (κ3) is 4.99. The van der Waals surface area contributed by atoms with E-state index in [9.17, 15) is 13.2 Å². The predicted molar refractivity (Wildman–Crippen MR) is 104 cm³/mol. The number of thioether (sulfide) groups is 1. The quantitative estimate of drug-likeness (QED) is 0.712. The summed E-state index contributed by atoms with van der Waals surface area (Å²) in [5.41, 5.74) is 0. The zero-order valence-corrected chi connectivity index (χ0v) is 16.8. The molecule has 5 nitrogen and oxygen atoms in total. The van der Waals surface area contributed by atoms with Crippen LogP contribution >= 0.6 is 23.1 Å². The molecule has 0 unspecified atom stereocenters. The summed E-state index contributed by atoms with van der Waals surface area (Å²) in [5, 5.41) is 5.53. The molecule has 1 aromatic rings. The number of sulfonamides is 1. The Morgan fingerprint density at radius 3 is 2.80 bits per heavy atom. The Morgan fingerprint density at radius 2 is 2.08 bits per heavy atom. The summed E-state index contributed by atoms with van der Waals surface area (Å²) >= 11 is 3.19. The lowest BCUT2D eigenvalue weighted by molar-refractivity contribution is -0.125. The number of amides is 1. The average Bonchev–Trinajstić information content (AvgIpc) is 3.32. The van der Waals surface area contributed by atoms with Gasteiger partial charge in [0.05, 0.1) is 5.92 Å². The first kappa shape index (κ1) is 19.2. The monoisotopic (exact) mass is 402 g/mol. The van der Waals surface area contributed by atoms with E-state index in [-0.39, 0.29) is 11.8 Å². The molecule has 140 valence electrons. The summed E-state index contributed by atoms with van der Waals surface area (Å²) in [4.78, 5) is 12.4. The molecule has 2 aliphatic rings. The Kier molecular flexibility index (Phi) is 6.82. The van der Waals surface area contributed by atoms with E-state index in [0.717, 1.165) is 23.8 Å². The van der Waals surface area contributed by atoms with Gasteiger partial charge in [-0.2, -0.15) is 16.1 Å². The van der Waals surface area contributed by atoms with Gasteiger partial charge in [0.25, 0.3) is 10.0 Å². The Morgan fingerprint density at radius 1 is 1.28 bits per heavy atom. The average molecular weight is 403 g/mol. The van der Waals surface area contributed by atoms with Gasteiger partial charge in [0.1, 0.15) is 4.21 Å². The Bertz CT molecular complexity index is 655. The number of piperidine rings is 1. The van der Waals surface area contributed by atoms with Gasteiger partial charge in [0, 0.05) is 30.6 Å². The maximum Gasteiger partial charge on any atom is 0.252 e. The fraction of sp³-hybridized carbons (Fsp3) is 0.706.